The predicted molar refractivity (Wildman–Crippen MR) is 73.3 cm³/mol. The Kier molecular flexibility index (Phi) is 5.22. The lowest BCUT2D eigenvalue weighted by Crippen LogP contribution is -2.51. The van der Waals surface area contributed by atoms with Crippen molar-refractivity contribution in [3.8, 4) is 0 Å². The zero-order valence-electron chi connectivity index (χ0n) is 11.2. The molecule has 0 spiro atoms. The zero-order valence-corrected chi connectivity index (χ0v) is 11.2. The number of aliphatic hydroxyl groups excluding tert-OH is 2. The number of aliphatic hydroxyl groups is 2. The Hall–Kier alpha value is -0.380. The number of fused-ring (bicyclic) bond motifs is 1. The maximum Gasteiger partial charge on any atom is 0.0773 e. The molecule has 2 fully saturated rings. The van der Waals surface area contributed by atoms with Crippen molar-refractivity contribution in [1.82, 2.24) is 5.32 Å². The molecule has 1 saturated heterocycles. The number of hydrogen-bond donors (Lipinski definition) is 3. The summed E-state index contributed by atoms with van der Waals surface area (Å²) in [5.41, 5.74) is 0. The maximum absolute atomic E-state index is 9.65. The van der Waals surface area contributed by atoms with Gasteiger partial charge in [0.2, 0.25) is 0 Å². The first kappa shape index (κ1) is 14.0. The summed E-state index contributed by atoms with van der Waals surface area (Å²) in [6.45, 7) is 3.73. The van der Waals surface area contributed by atoms with E-state index in [0.717, 1.165) is 12.8 Å². The van der Waals surface area contributed by atoms with Crippen LogP contribution >= 0.6 is 0 Å². The van der Waals surface area contributed by atoms with Crippen molar-refractivity contribution in [3.05, 3.63) is 12.7 Å². The first-order valence-corrected chi connectivity index (χ1v) is 7.40. The molecule has 3 nitrogen and oxygen atoms in total. The Morgan fingerprint density at radius 2 is 2.11 bits per heavy atom. The van der Waals surface area contributed by atoms with E-state index in [2.05, 4.69) is 11.9 Å². The van der Waals surface area contributed by atoms with Crippen LogP contribution in [0.5, 0.6) is 0 Å². The third-order valence-electron chi connectivity index (χ3n) is 4.75. The maximum atomic E-state index is 9.65. The summed E-state index contributed by atoms with van der Waals surface area (Å²) in [5.74, 6) is 1.28. The van der Waals surface area contributed by atoms with E-state index in [-0.39, 0.29) is 6.61 Å². The molecule has 1 heterocycles. The number of rotatable bonds is 5. The zero-order chi connectivity index (χ0) is 13.0. The normalized spacial score (nSPS) is 37.9. The summed E-state index contributed by atoms with van der Waals surface area (Å²) in [4.78, 5) is 0. The molecule has 3 heteroatoms. The highest BCUT2D eigenvalue weighted by molar-refractivity contribution is 4.95. The third-order valence-corrected chi connectivity index (χ3v) is 4.75. The molecule has 0 amide bonds. The van der Waals surface area contributed by atoms with Gasteiger partial charge in [-0.25, -0.2) is 0 Å². The Labute approximate surface area is 110 Å². The monoisotopic (exact) mass is 253 g/mol. The predicted octanol–water partition coefficient (Wildman–Crippen LogP) is 1.84. The van der Waals surface area contributed by atoms with E-state index >= 15 is 0 Å². The van der Waals surface area contributed by atoms with Gasteiger partial charge in [0.05, 0.1) is 12.7 Å². The summed E-state index contributed by atoms with van der Waals surface area (Å²) in [6, 6.07) is 1.22. The van der Waals surface area contributed by atoms with Gasteiger partial charge in [-0.2, -0.15) is 0 Å². The average molecular weight is 253 g/mol. The van der Waals surface area contributed by atoms with Crippen molar-refractivity contribution in [2.24, 2.45) is 11.8 Å². The number of nitrogens with one attached hydrogen (secondary N) is 1. The van der Waals surface area contributed by atoms with Crippen LogP contribution in [0.25, 0.3) is 0 Å². The van der Waals surface area contributed by atoms with Crippen molar-refractivity contribution >= 4 is 0 Å². The molecule has 0 aromatic carbocycles. The molecule has 0 unspecified atom stereocenters. The largest absolute Gasteiger partial charge is 0.394 e. The minimum atomic E-state index is -0.528. The van der Waals surface area contributed by atoms with Gasteiger partial charge in [-0.1, -0.05) is 12.5 Å². The van der Waals surface area contributed by atoms with Crippen LogP contribution in [0.1, 0.15) is 44.9 Å². The minimum Gasteiger partial charge on any atom is -0.394 e. The molecule has 3 N–H and O–H groups in total. The van der Waals surface area contributed by atoms with Gasteiger partial charge in [-0.05, 0) is 50.4 Å². The fourth-order valence-corrected chi connectivity index (χ4v) is 3.88. The van der Waals surface area contributed by atoms with Crippen LogP contribution in [0, 0.1) is 11.8 Å². The van der Waals surface area contributed by atoms with E-state index in [4.69, 9.17) is 5.11 Å². The summed E-state index contributed by atoms with van der Waals surface area (Å²) >= 11 is 0. The van der Waals surface area contributed by atoms with Crippen molar-refractivity contribution in [2.75, 3.05) is 6.61 Å². The summed E-state index contributed by atoms with van der Waals surface area (Å²) in [5, 5.41) is 22.4. The lowest BCUT2D eigenvalue weighted by molar-refractivity contribution is 0.0353. The van der Waals surface area contributed by atoms with E-state index in [1.165, 1.54) is 32.1 Å². The van der Waals surface area contributed by atoms with Gasteiger partial charge in [-0.3, -0.25) is 0 Å². The van der Waals surface area contributed by atoms with Crippen LogP contribution in [0.4, 0.5) is 0 Å². The molecule has 1 aliphatic carbocycles. The van der Waals surface area contributed by atoms with E-state index in [1.54, 1.807) is 0 Å². The molecule has 1 saturated carbocycles. The van der Waals surface area contributed by atoms with Gasteiger partial charge in [0.25, 0.3) is 0 Å². The van der Waals surface area contributed by atoms with Crippen molar-refractivity contribution in [3.63, 3.8) is 0 Å². The van der Waals surface area contributed by atoms with Crippen LogP contribution in [-0.4, -0.2) is 35.0 Å². The molecule has 5 atom stereocenters. The Balaban J connectivity index is 1.90. The average Bonchev–Trinajstić information content (AvgIpc) is 2.39. The van der Waals surface area contributed by atoms with E-state index in [9.17, 15) is 5.11 Å². The van der Waals surface area contributed by atoms with Crippen LogP contribution in [0.15, 0.2) is 12.7 Å². The smallest absolute Gasteiger partial charge is 0.0773 e. The Morgan fingerprint density at radius 1 is 1.28 bits per heavy atom. The highest BCUT2D eigenvalue weighted by Gasteiger charge is 2.37. The van der Waals surface area contributed by atoms with Crippen molar-refractivity contribution in [2.45, 2.75) is 63.1 Å². The highest BCUT2D eigenvalue weighted by Crippen LogP contribution is 2.39. The fourth-order valence-electron chi connectivity index (χ4n) is 3.88. The number of hydrogen-bond acceptors (Lipinski definition) is 3. The van der Waals surface area contributed by atoms with E-state index in [0.29, 0.717) is 23.9 Å². The second-order valence-corrected chi connectivity index (χ2v) is 6.00. The van der Waals surface area contributed by atoms with Gasteiger partial charge >= 0.3 is 0 Å². The van der Waals surface area contributed by atoms with Gasteiger partial charge in [0.1, 0.15) is 0 Å². The molecule has 2 rings (SSSR count). The van der Waals surface area contributed by atoms with E-state index < -0.39 is 6.10 Å². The molecule has 0 aromatic heterocycles. The van der Waals surface area contributed by atoms with Gasteiger partial charge in [0.15, 0.2) is 0 Å². The molecular formula is C15H27NO2. The minimum absolute atomic E-state index is 0.0968. The van der Waals surface area contributed by atoms with Crippen LogP contribution < -0.4 is 5.32 Å². The summed E-state index contributed by atoms with van der Waals surface area (Å²) in [7, 11) is 0. The highest BCUT2D eigenvalue weighted by atomic mass is 16.3. The molecule has 1 aliphatic heterocycles. The molecule has 0 aromatic rings. The first-order chi connectivity index (χ1) is 8.74. The Morgan fingerprint density at radius 3 is 2.83 bits per heavy atom. The lowest BCUT2D eigenvalue weighted by Gasteiger charge is -2.45. The standard InChI is InChI=1S/C15H27NO2/c1-2-4-12-7-8-14-11(9-13(18)10-17)5-3-6-15(14)16-12/h2,11-18H,1,3-10H2/t11-,12-,13-,14+,15+/m1/s1. The molecular weight excluding hydrogens is 226 g/mol. The summed E-state index contributed by atoms with van der Waals surface area (Å²) in [6.07, 6.45) is 9.53. The van der Waals surface area contributed by atoms with Crippen LogP contribution in [0.3, 0.4) is 0 Å². The second-order valence-electron chi connectivity index (χ2n) is 6.00. The van der Waals surface area contributed by atoms with Crippen LogP contribution in [-0.2, 0) is 0 Å². The third kappa shape index (κ3) is 3.34. The summed E-state index contributed by atoms with van der Waals surface area (Å²) < 4.78 is 0. The number of piperidine rings is 1. The topological polar surface area (TPSA) is 52.5 Å². The van der Waals surface area contributed by atoms with Gasteiger partial charge in [-0.15, -0.1) is 6.58 Å². The second kappa shape index (κ2) is 6.69. The van der Waals surface area contributed by atoms with Crippen LogP contribution in [0.2, 0.25) is 0 Å². The van der Waals surface area contributed by atoms with Gasteiger partial charge in [0, 0.05) is 12.1 Å². The SMILES string of the molecule is C=CC[C@@H]1CC[C@H]2[C@@H](C[C@@H](O)CO)CCC[C@@H]2N1. The molecule has 0 radical (unpaired) electrons. The molecule has 104 valence electrons. The molecule has 18 heavy (non-hydrogen) atoms. The van der Waals surface area contributed by atoms with Gasteiger partial charge < -0.3 is 15.5 Å². The van der Waals surface area contributed by atoms with E-state index in [1.807, 2.05) is 6.08 Å². The Bertz CT molecular complexity index is 269. The molecule has 0 bridgehead atoms. The van der Waals surface area contributed by atoms with Crippen molar-refractivity contribution < 1.29 is 10.2 Å². The quantitative estimate of drug-likeness (QED) is 0.655. The first-order valence-electron chi connectivity index (χ1n) is 7.40. The molecule has 2 aliphatic rings. The lowest BCUT2D eigenvalue weighted by atomic mass is 9.69. The van der Waals surface area contributed by atoms with Crippen molar-refractivity contribution in [1.29, 1.82) is 0 Å². The fraction of sp³-hybridized carbons (Fsp3) is 0.867.